The van der Waals surface area contributed by atoms with E-state index < -0.39 is 0 Å². The van der Waals surface area contributed by atoms with E-state index in [9.17, 15) is 0 Å². The molecule has 1 saturated heterocycles. The van der Waals surface area contributed by atoms with Crippen molar-refractivity contribution in [1.82, 2.24) is 4.90 Å². The first-order chi connectivity index (χ1) is 11.5. The van der Waals surface area contributed by atoms with Crippen LogP contribution in [0.25, 0.3) is 17.4 Å². The van der Waals surface area contributed by atoms with Crippen molar-refractivity contribution in [2.45, 2.75) is 6.92 Å². The van der Waals surface area contributed by atoms with Gasteiger partial charge in [-0.25, -0.2) is 0 Å². The number of furan rings is 1. The van der Waals surface area contributed by atoms with Crippen LogP contribution in [-0.4, -0.2) is 35.7 Å². The lowest BCUT2D eigenvalue weighted by Gasteiger charge is -2.12. The molecule has 0 N–H and O–H groups in total. The molecule has 24 heavy (non-hydrogen) atoms. The van der Waals surface area contributed by atoms with Gasteiger partial charge in [0.1, 0.15) is 11.5 Å². The van der Waals surface area contributed by atoms with E-state index in [2.05, 4.69) is 17.0 Å². The molecule has 0 unspecified atom stereocenters. The summed E-state index contributed by atoms with van der Waals surface area (Å²) >= 11 is 10.5. The zero-order valence-corrected chi connectivity index (χ0v) is 15.4. The van der Waals surface area contributed by atoms with Crippen LogP contribution in [0.5, 0.6) is 0 Å². The highest BCUT2D eigenvalue weighted by Crippen LogP contribution is 2.27. The highest BCUT2D eigenvalue weighted by molar-refractivity contribution is 7.82. The van der Waals surface area contributed by atoms with Crippen molar-refractivity contribution in [2.75, 3.05) is 25.5 Å². The summed E-state index contributed by atoms with van der Waals surface area (Å²) in [5, 5.41) is 0.389. The lowest BCUT2D eigenvalue weighted by molar-refractivity contribution is 0.441. The van der Waals surface area contributed by atoms with Crippen molar-refractivity contribution in [3.63, 3.8) is 0 Å². The van der Waals surface area contributed by atoms with Gasteiger partial charge in [-0.3, -0.25) is 4.90 Å². The van der Waals surface area contributed by atoms with Gasteiger partial charge in [0.25, 0.3) is 5.17 Å². The molecule has 0 spiro atoms. The van der Waals surface area contributed by atoms with Crippen LogP contribution in [0, 0.1) is 0 Å². The van der Waals surface area contributed by atoms with E-state index in [1.165, 1.54) is 0 Å². The topological polar surface area (TPSA) is 28.9 Å². The standard InChI is InChI=1S/C18H18N2O2S2/c1-4-20-17(23)16(22-18(20)24)11-14-9-10-15(21-14)12-5-7-13(8-6-12)19(2)3/h5-11H,4H2,1-3H3. The number of thiocarbonyl (C=S) groups is 2. The predicted octanol–water partition coefficient (Wildman–Crippen LogP) is 4.32. The van der Waals surface area contributed by atoms with Crippen molar-refractivity contribution in [3.05, 3.63) is 47.9 Å². The summed E-state index contributed by atoms with van der Waals surface area (Å²) < 4.78 is 11.4. The second-order valence-electron chi connectivity index (χ2n) is 5.57. The number of rotatable bonds is 4. The zero-order valence-electron chi connectivity index (χ0n) is 13.8. The Hall–Kier alpha value is -2.18. The second kappa shape index (κ2) is 6.75. The quantitative estimate of drug-likeness (QED) is 0.597. The SMILES string of the molecule is CCN1C(=S)OC(=Cc2ccc(-c3ccc(N(C)C)cc3)o2)C1=S. The maximum atomic E-state index is 5.89. The molecule has 2 aromatic rings. The molecular weight excluding hydrogens is 340 g/mol. The minimum absolute atomic E-state index is 0.389. The van der Waals surface area contributed by atoms with Crippen LogP contribution in [-0.2, 0) is 4.74 Å². The van der Waals surface area contributed by atoms with Crippen LogP contribution < -0.4 is 4.90 Å². The van der Waals surface area contributed by atoms with Crippen molar-refractivity contribution >= 4 is 46.4 Å². The van der Waals surface area contributed by atoms with Gasteiger partial charge in [-0.1, -0.05) is 12.2 Å². The monoisotopic (exact) mass is 358 g/mol. The predicted molar refractivity (Wildman–Crippen MR) is 105 cm³/mol. The van der Waals surface area contributed by atoms with Gasteiger partial charge in [0.05, 0.1) is 0 Å². The summed E-state index contributed by atoms with van der Waals surface area (Å²) in [5.74, 6) is 2.03. The Bertz CT molecular complexity index is 807. The van der Waals surface area contributed by atoms with Gasteiger partial charge in [-0.2, -0.15) is 0 Å². The molecule has 0 bridgehead atoms. The van der Waals surface area contributed by atoms with E-state index >= 15 is 0 Å². The summed E-state index contributed by atoms with van der Waals surface area (Å²) in [6.45, 7) is 2.67. The van der Waals surface area contributed by atoms with E-state index in [0.29, 0.717) is 28.2 Å². The molecule has 1 aliphatic heterocycles. The van der Waals surface area contributed by atoms with E-state index in [4.69, 9.17) is 33.6 Å². The summed E-state index contributed by atoms with van der Waals surface area (Å²) in [6, 6.07) is 12.0. The molecule has 0 aliphatic carbocycles. The molecule has 2 heterocycles. The molecule has 6 heteroatoms. The van der Waals surface area contributed by atoms with Crippen LogP contribution in [0.15, 0.2) is 46.6 Å². The van der Waals surface area contributed by atoms with Crippen LogP contribution in [0.4, 0.5) is 5.69 Å². The molecule has 1 fully saturated rings. The van der Waals surface area contributed by atoms with Gasteiger partial charge >= 0.3 is 0 Å². The number of benzene rings is 1. The number of ether oxygens (including phenoxy) is 1. The molecule has 4 nitrogen and oxygen atoms in total. The molecular formula is C18H18N2O2S2. The van der Waals surface area contributed by atoms with Crippen LogP contribution in [0.1, 0.15) is 12.7 Å². The number of anilines is 1. The minimum atomic E-state index is 0.389. The Labute approximate surface area is 152 Å². The first-order valence-corrected chi connectivity index (χ1v) is 8.44. The maximum absolute atomic E-state index is 5.89. The highest BCUT2D eigenvalue weighted by atomic mass is 32.1. The fourth-order valence-electron chi connectivity index (χ4n) is 2.41. The minimum Gasteiger partial charge on any atom is -0.457 e. The molecule has 124 valence electrons. The molecule has 0 amide bonds. The number of hydrogen-bond donors (Lipinski definition) is 0. The summed E-state index contributed by atoms with van der Waals surface area (Å²) in [7, 11) is 4.03. The van der Waals surface area contributed by atoms with Crippen LogP contribution in [0.2, 0.25) is 0 Å². The van der Waals surface area contributed by atoms with Crippen LogP contribution >= 0.6 is 24.4 Å². The van der Waals surface area contributed by atoms with Gasteiger partial charge in [0, 0.05) is 38.0 Å². The fraction of sp³-hybridized carbons (Fsp3) is 0.222. The van der Waals surface area contributed by atoms with E-state index in [0.717, 1.165) is 17.0 Å². The van der Waals surface area contributed by atoms with E-state index in [1.807, 2.05) is 45.3 Å². The molecule has 1 aromatic carbocycles. The van der Waals surface area contributed by atoms with Crippen molar-refractivity contribution in [3.8, 4) is 11.3 Å². The number of hydrogen-bond acceptors (Lipinski definition) is 5. The Morgan fingerprint density at radius 2 is 1.79 bits per heavy atom. The smallest absolute Gasteiger partial charge is 0.270 e. The normalized spacial score (nSPS) is 16.0. The van der Waals surface area contributed by atoms with E-state index in [-0.39, 0.29) is 0 Å². The first kappa shape index (κ1) is 16.7. The van der Waals surface area contributed by atoms with Gasteiger partial charge in [0.15, 0.2) is 10.7 Å². The van der Waals surface area contributed by atoms with Crippen molar-refractivity contribution in [2.24, 2.45) is 0 Å². The average Bonchev–Trinajstić information content (AvgIpc) is 3.13. The lowest BCUT2D eigenvalue weighted by atomic mass is 10.1. The fourth-order valence-corrected chi connectivity index (χ4v) is 3.09. The number of nitrogens with zero attached hydrogens (tertiary/aromatic N) is 2. The number of likely N-dealkylation sites (N-methyl/N-ethyl adjacent to an activating group) is 1. The third-order valence-electron chi connectivity index (χ3n) is 3.76. The average molecular weight is 358 g/mol. The first-order valence-electron chi connectivity index (χ1n) is 7.62. The molecule has 1 aliphatic rings. The summed E-state index contributed by atoms with van der Waals surface area (Å²) in [5.41, 5.74) is 2.16. The third-order valence-corrected chi connectivity index (χ3v) is 4.48. The van der Waals surface area contributed by atoms with Gasteiger partial charge < -0.3 is 14.1 Å². The van der Waals surface area contributed by atoms with Gasteiger partial charge in [0.2, 0.25) is 0 Å². The lowest BCUT2D eigenvalue weighted by Crippen LogP contribution is -2.26. The second-order valence-corrected chi connectivity index (χ2v) is 6.31. The zero-order chi connectivity index (χ0) is 17.3. The molecule has 0 saturated carbocycles. The largest absolute Gasteiger partial charge is 0.457 e. The summed E-state index contributed by atoms with van der Waals surface area (Å²) in [4.78, 5) is 4.43. The Balaban J connectivity index is 1.82. The van der Waals surface area contributed by atoms with Gasteiger partial charge in [-0.05, 0) is 55.5 Å². The van der Waals surface area contributed by atoms with Crippen molar-refractivity contribution < 1.29 is 9.15 Å². The van der Waals surface area contributed by atoms with Gasteiger partial charge in [-0.15, -0.1) is 0 Å². The molecule has 0 radical (unpaired) electrons. The Morgan fingerprint density at radius 1 is 1.08 bits per heavy atom. The molecule has 1 aromatic heterocycles. The maximum Gasteiger partial charge on any atom is 0.270 e. The highest BCUT2D eigenvalue weighted by Gasteiger charge is 2.28. The van der Waals surface area contributed by atoms with Crippen molar-refractivity contribution in [1.29, 1.82) is 0 Å². The third kappa shape index (κ3) is 3.20. The van der Waals surface area contributed by atoms with E-state index in [1.54, 1.807) is 11.0 Å². The van der Waals surface area contributed by atoms with Crippen LogP contribution in [0.3, 0.4) is 0 Å². The molecule has 3 rings (SSSR count). The molecule has 0 atom stereocenters. The Kier molecular flexibility index (Phi) is 4.69. The summed E-state index contributed by atoms with van der Waals surface area (Å²) in [6.07, 6.45) is 1.78. The Morgan fingerprint density at radius 3 is 2.38 bits per heavy atom.